The number of aromatic amines is 1. The first-order valence-electron chi connectivity index (χ1n) is 6.00. The summed E-state index contributed by atoms with van der Waals surface area (Å²) in [4.78, 5) is 0. The van der Waals surface area contributed by atoms with Crippen molar-refractivity contribution in [2.24, 2.45) is 11.7 Å². The number of aromatic nitrogens is 2. The van der Waals surface area contributed by atoms with Crippen LogP contribution < -0.4 is 5.73 Å². The van der Waals surface area contributed by atoms with Crippen LogP contribution in [0.2, 0.25) is 0 Å². The lowest BCUT2D eigenvalue weighted by Crippen LogP contribution is -2.12. The molecule has 17 heavy (non-hydrogen) atoms. The summed E-state index contributed by atoms with van der Waals surface area (Å²) in [5.41, 5.74) is 9.56. The Kier molecular flexibility index (Phi) is 3.59. The third-order valence-electron chi connectivity index (χ3n) is 2.84. The molecule has 90 valence electrons. The summed E-state index contributed by atoms with van der Waals surface area (Å²) in [5.74, 6) is 0.683. The van der Waals surface area contributed by atoms with Gasteiger partial charge in [-0.25, -0.2) is 0 Å². The number of hydrogen-bond donors (Lipinski definition) is 2. The highest BCUT2D eigenvalue weighted by Gasteiger charge is 2.09. The molecule has 0 aliphatic heterocycles. The van der Waals surface area contributed by atoms with Gasteiger partial charge in [0.1, 0.15) is 0 Å². The number of benzene rings is 1. The molecule has 1 atom stereocenters. The maximum atomic E-state index is 6.14. The molecular weight excluding hydrogens is 210 g/mol. The summed E-state index contributed by atoms with van der Waals surface area (Å²) in [5, 5.41) is 6.83. The van der Waals surface area contributed by atoms with Crippen molar-refractivity contribution in [2.45, 2.75) is 26.3 Å². The molecule has 0 bridgehead atoms. The van der Waals surface area contributed by atoms with E-state index >= 15 is 0 Å². The van der Waals surface area contributed by atoms with Crippen molar-refractivity contribution < 1.29 is 0 Å². The van der Waals surface area contributed by atoms with Crippen molar-refractivity contribution in [3.8, 4) is 0 Å². The molecule has 0 spiro atoms. The van der Waals surface area contributed by atoms with Gasteiger partial charge in [-0.1, -0.05) is 38.1 Å². The van der Waals surface area contributed by atoms with Gasteiger partial charge in [-0.15, -0.1) is 0 Å². The van der Waals surface area contributed by atoms with Gasteiger partial charge in [0.15, 0.2) is 0 Å². The molecule has 2 aromatic rings. The number of rotatable bonds is 4. The van der Waals surface area contributed by atoms with E-state index in [1.807, 2.05) is 6.07 Å². The molecule has 0 amide bonds. The Labute approximate surface area is 102 Å². The number of nitrogens with two attached hydrogens (primary N) is 1. The second-order valence-electron chi connectivity index (χ2n) is 4.83. The first-order chi connectivity index (χ1) is 8.16. The van der Waals surface area contributed by atoms with E-state index in [2.05, 4.69) is 48.3 Å². The molecule has 0 saturated carbocycles. The van der Waals surface area contributed by atoms with Crippen LogP contribution in [0, 0.1) is 5.92 Å². The van der Waals surface area contributed by atoms with Crippen LogP contribution in [0.3, 0.4) is 0 Å². The van der Waals surface area contributed by atoms with Crippen molar-refractivity contribution in [1.29, 1.82) is 0 Å². The Balaban J connectivity index is 2.12. The van der Waals surface area contributed by atoms with Crippen LogP contribution in [-0.4, -0.2) is 10.2 Å². The van der Waals surface area contributed by atoms with E-state index in [4.69, 9.17) is 5.73 Å². The fraction of sp³-hybridized carbons (Fsp3) is 0.357. The van der Waals surface area contributed by atoms with Crippen LogP contribution >= 0.6 is 0 Å². The summed E-state index contributed by atoms with van der Waals surface area (Å²) in [6, 6.07) is 10.3. The Bertz CT molecular complexity index is 443. The predicted octanol–water partition coefficient (Wildman–Crippen LogP) is 2.66. The quantitative estimate of drug-likeness (QED) is 0.846. The predicted molar refractivity (Wildman–Crippen MR) is 69.6 cm³/mol. The van der Waals surface area contributed by atoms with E-state index in [1.54, 1.807) is 6.20 Å². The number of hydrogen-bond acceptors (Lipinski definition) is 2. The van der Waals surface area contributed by atoms with E-state index in [-0.39, 0.29) is 6.04 Å². The Hall–Kier alpha value is -1.61. The molecule has 0 radical (unpaired) electrons. The molecule has 0 aliphatic carbocycles. The average molecular weight is 229 g/mol. The highest BCUT2D eigenvalue weighted by atomic mass is 15.1. The first-order valence-corrected chi connectivity index (χ1v) is 6.00. The van der Waals surface area contributed by atoms with Gasteiger partial charge in [-0.2, -0.15) is 5.10 Å². The fourth-order valence-corrected chi connectivity index (χ4v) is 1.95. The van der Waals surface area contributed by atoms with Gasteiger partial charge in [0.05, 0.1) is 11.7 Å². The fourth-order valence-electron chi connectivity index (χ4n) is 1.95. The standard InChI is InChI=1S/C14H19N3/c1-10(2)9-11-3-5-12(6-4-11)14(15)13-7-8-16-17-13/h3-8,10,14H,9,15H2,1-2H3,(H,16,17). The molecule has 1 aromatic heterocycles. The summed E-state index contributed by atoms with van der Waals surface area (Å²) in [7, 11) is 0. The summed E-state index contributed by atoms with van der Waals surface area (Å²) < 4.78 is 0. The SMILES string of the molecule is CC(C)Cc1ccc(C(N)c2ccn[nH]2)cc1. The van der Waals surface area contributed by atoms with Gasteiger partial charge >= 0.3 is 0 Å². The van der Waals surface area contributed by atoms with Gasteiger partial charge in [0, 0.05) is 6.20 Å². The second kappa shape index (κ2) is 5.15. The van der Waals surface area contributed by atoms with E-state index in [1.165, 1.54) is 5.56 Å². The van der Waals surface area contributed by atoms with E-state index in [0.29, 0.717) is 5.92 Å². The third-order valence-corrected chi connectivity index (χ3v) is 2.84. The molecule has 2 rings (SSSR count). The zero-order valence-corrected chi connectivity index (χ0v) is 10.4. The molecule has 3 nitrogen and oxygen atoms in total. The molecule has 1 aromatic carbocycles. The molecule has 0 aliphatic rings. The van der Waals surface area contributed by atoms with Crippen molar-refractivity contribution in [3.05, 3.63) is 53.3 Å². The van der Waals surface area contributed by atoms with E-state index in [9.17, 15) is 0 Å². The first kappa shape index (κ1) is 11.9. The van der Waals surface area contributed by atoms with Crippen LogP contribution in [-0.2, 0) is 6.42 Å². The number of H-pyrrole nitrogens is 1. The topological polar surface area (TPSA) is 54.7 Å². The average Bonchev–Trinajstić information content (AvgIpc) is 2.82. The van der Waals surface area contributed by atoms with Gasteiger partial charge in [-0.05, 0) is 29.5 Å². The zero-order chi connectivity index (χ0) is 12.3. The molecule has 1 unspecified atom stereocenters. The summed E-state index contributed by atoms with van der Waals surface area (Å²) in [6.07, 6.45) is 2.84. The molecular formula is C14H19N3. The number of nitrogens with zero attached hydrogens (tertiary/aromatic N) is 1. The van der Waals surface area contributed by atoms with Crippen molar-refractivity contribution in [3.63, 3.8) is 0 Å². The van der Waals surface area contributed by atoms with E-state index < -0.39 is 0 Å². The lowest BCUT2D eigenvalue weighted by atomic mass is 9.99. The van der Waals surface area contributed by atoms with Gasteiger partial charge in [0.25, 0.3) is 0 Å². The second-order valence-corrected chi connectivity index (χ2v) is 4.83. The minimum atomic E-state index is -0.120. The van der Waals surface area contributed by atoms with Crippen LogP contribution in [0.5, 0.6) is 0 Å². The Morgan fingerprint density at radius 3 is 2.41 bits per heavy atom. The molecule has 3 heteroatoms. The largest absolute Gasteiger partial charge is 0.319 e. The number of nitrogens with one attached hydrogen (secondary N) is 1. The normalized spacial score (nSPS) is 12.9. The minimum absolute atomic E-state index is 0.120. The Morgan fingerprint density at radius 2 is 1.88 bits per heavy atom. The van der Waals surface area contributed by atoms with Crippen molar-refractivity contribution in [1.82, 2.24) is 10.2 Å². The van der Waals surface area contributed by atoms with Gasteiger partial charge < -0.3 is 5.73 Å². The monoisotopic (exact) mass is 229 g/mol. The highest BCUT2D eigenvalue weighted by Crippen LogP contribution is 2.18. The highest BCUT2D eigenvalue weighted by molar-refractivity contribution is 5.29. The lowest BCUT2D eigenvalue weighted by Gasteiger charge is -2.11. The Morgan fingerprint density at radius 1 is 1.18 bits per heavy atom. The van der Waals surface area contributed by atoms with Crippen LogP contribution in [0.15, 0.2) is 36.5 Å². The van der Waals surface area contributed by atoms with Crippen LogP contribution in [0.25, 0.3) is 0 Å². The van der Waals surface area contributed by atoms with E-state index in [0.717, 1.165) is 17.7 Å². The maximum Gasteiger partial charge on any atom is 0.0720 e. The molecule has 0 fully saturated rings. The molecule has 3 N–H and O–H groups in total. The maximum absolute atomic E-state index is 6.14. The van der Waals surface area contributed by atoms with Gasteiger partial charge in [-0.3, -0.25) is 5.10 Å². The third kappa shape index (κ3) is 2.94. The summed E-state index contributed by atoms with van der Waals surface area (Å²) in [6.45, 7) is 4.45. The van der Waals surface area contributed by atoms with Crippen molar-refractivity contribution >= 4 is 0 Å². The van der Waals surface area contributed by atoms with Crippen molar-refractivity contribution in [2.75, 3.05) is 0 Å². The van der Waals surface area contributed by atoms with Crippen LogP contribution in [0.4, 0.5) is 0 Å². The minimum Gasteiger partial charge on any atom is -0.319 e. The molecule has 0 saturated heterocycles. The smallest absolute Gasteiger partial charge is 0.0720 e. The molecule has 1 heterocycles. The zero-order valence-electron chi connectivity index (χ0n) is 10.4. The van der Waals surface area contributed by atoms with Crippen LogP contribution in [0.1, 0.15) is 36.7 Å². The van der Waals surface area contributed by atoms with Gasteiger partial charge in [0.2, 0.25) is 0 Å². The summed E-state index contributed by atoms with van der Waals surface area (Å²) >= 11 is 0. The lowest BCUT2D eigenvalue weighted by molar-refractivity contribution is 0.647.